The Balaban J connectivity index is 2.30. The molecule has 3 aromatic rings. The second kappa shape index (κ2) is 7.53. The topological polar surface area (TPSA) is 26.3 Å². The zero-order chi connectivity index (χ0) is 16.8. The van der Waals surface area contributed by atoms with Gasteiger partial charge in [0, 0.05) is 0 Å². The minimum atomic E-state index is -1.79. The van der Waals surface area contributed by atoms with Crippen molar-refractivity contribution >= 4 is 8.03 Å². The number of hydrogen-bond acceptors (Lipinski definition) is 2. The molecule has 0 aliphatic heterocycles. The number of rotatable bonds is 6. The van der Waals surface area contributed by atoms with Gasteiger partial charge in [-0.2, -0.15) is 0 Å². The molecule has 0 aliphatic rings. The third-order valence-electron chi connectivity index (χ3n) is 4.37. The van der Waals surface area contributed by atoms with Gasteiger partial charge in [-0.15, -0.1) is 4.52 Å². The lowest BCUT2D eigenvalue weighted by molar-refractivity contribution is 0.408. The largest absolute Gasteiger partial charge is 0.509 e. The molecule has 0 aliphatic carbocycles. The third-order valence-corrected chi connectivity index (χ3v) is 5.51. The summed E-state index contributed by atoms with van der Waals surface area (Å²) in [5.41, 5.74) is 2.83. The second-order valence-corrected chi connectivity index (χ2v) is 7.02. The molecule has 3 aromatic carbocycles. The molecule has 24 heavy (non-hydrogen) atoms. The van der Waals surface area contributed by atoms with Gasteiger partial charge in [0.1, 0.15) is 0 Å². The molecule has 3 heteroatoms. The lowest BCUT2D eigenvalue weighted by atomic mass is 9.71. The smallest absolute Gasteiger partial charge is 0.150 e. The summed E-state index contributed by atoms with van der Waals surface area (Å²) in [5, 5.41) is 0. The Kier molecular flexibility index (Phi) is 5.20. The van der Waals surface area contributed by atoms with Crippen LogP contribution in [0.4, 0.5) is 0 Å². The Hall–Kier alpha value is -2.28. The first-order chi connectivity index (χ1) is 11.8. The lowest BCUT2D eigenvalue weighted by Crippen LogP contribution is -2.32. The quantitative estimate of drug-likeness (QED) is 0.445. The highest BCUT2D eigenvalue weighted by molar-refractivity contribution is 7.39. The average molecular weight is 335 g/mol. The van der Waals surface area contributed by atoms with Gasteiger partial charge in [-0.05, 0) is 21.3 Å². The predicted molar refractivity (Wildman–Crippen MR) is 98.7 cm³/mol. The van der Waals surface area contributed by atoms with E-state index in [1.54, 1.807) is 0 Å². The highest BCUT2D eigenvalue weighted by Crippen LogP contribution is 2.45. The van der Waals surface area contributed by atoms with Crippen molar-refractivity contribution in [3.63, 3.8) is 0 Å². The molecule has 0 saturated carbocycles. The Morgan fingerprint density at radius 3 is 1.33 bits per heavy atom. The molecule has 0 aromatic heterocycles. The molecular weight excluding hydrogens is 315 g/mol. The van der Waals surface area contributed by atoms with Crippen molar-refractivity contribution < 1.29 is 9.09 Å². The van der Waals surface area contributed by atoms with Crippen molar-refractivity contribution in [2.24, 2.45) is 0 Å². The van der Waals surface area contributed by atoms with Crippen LogP contribution in [0, 0.1) is 0 Å². The highest BCUT2D eigenvalue weighted by Gasteiger charge is 2.44. The van der Waals surface area contributed by atoms with Crippen LogP contribution in [0.3, 0.4) is 0 Å². The van der Waals surface area contributed by atoms with Crippen molar-refractivity contribution in [2.75, 3.05) is 13.3 Å². The van der Waals surface area contributed by atoms with Crippen molar-refractivity contribution in [1.29, 1.82) is 0 Å². The molecule has 0 amide bonds. The highest BCUT2D eigenvalue weighted by atomic mass is 31.1. The molecule has 0 radical (unpaired) electrons. The molecule has 2 nitrogen and oxygen atoms in total. The van der Waals surface area contributed by atoms with Gasteiger partial charge in [-0.3, -0.25) is 0 Å². The fraction of sp³-hybridized carbons (Fsp3) is 0.143. The van der Waals surface area contributed by atoms with Crippen LogP contribution in [0.25, 0.3) is 0 Å². The van der Waals surface area contributed by atoms with Gasteiger partial charge >= 0.3 is 8.03 Å². The summed E-state index contributed by atoms with van der Waals surface area (Å²) < 4.78 is 17.7. The maximum Gasteiger partial charge on any atom is 0.509 e. The van der Waals surface area contributed by atoms with E-state index >= 15 is 0 Å². The van der Waals surface area contributed by atoms with E-state index in [0.29, 0.717) is 6.16 Å². The van der Waals surface area contributed by atoms with Crippen molar-refractivity contribution in [1.82, 2.24) is 0 Å². The third kappa shape index (κ3) is 3.17. The Morgan fingerprint density at radius 2 is 1.04 bits per heavy atom. The van der Waals surface area contributed by atoms with Crippen LogP contribution < -0.4 is 0 Å². The summed E-state index contributed by atoms with van der Waals surface area (Å²) in [6.45, 7) is 0. The molecule has 0 fully saturated rings. The van der Waals surface area contributed by atoms with Crippen molar-refractivity contribution in [3.05, 3.63) is 108 Å². The van der Waals surface area contributed by atoms with Gasteiger partial charge in [-0.25, -0.2) is 0 Å². The molecule has 0 spiro atoms. The summed E-state index contributed by atoms with van der Waals surface area (Å²) in [4.78, 5) is 0. The number of benzene rings is 3. The summed E-state index contributed by atoms with van der Waals surface area (Å²) >= 11 is 0. The van der Waals surface area contributed by atoms with Gasteiger partial charge in [0.2, 0.25) is 0 Å². The fourth-order valence-corrected chi connectivity index (χ4v) is 4.26. The van der Waals surface area contributed by atoms with E-state index < -0.39 is 13.4 Å². The minimum Gasteiger partial charge on any atom is -0.150 e. The molecule has 120 valence electrons. The SMILES string of the molecule is CO[P+](=O)CC(c1ccccc1)(c1ccccc1)c1ccccc1. The van der Waals surface area contributed by atoms with Gasteiger partial charge < -0.3 is 0 Å². The van der Waals surface area contributed by atoms with Gasteiger partial charge in [0.05, 0.1) is 12.5 Å². The van der Waals surface area contributed by atoms with Crippen LogP contribution in [0.15, 0.2) is 91.0 Å². The van der Waals surface area contributed by atoms with E-state index in [2.05, 4.69) is 36.4 Å². The molecular formula is C21H20O2P+. The van der Waals surface area contributed by atoms with E-state index in [1.165, 1.54) is 7.11 Å². The maximum absolute atomic E-state index is 12.5. The zero-order valence-corrected chi connectivity index (χ0v) is 14.5. The van der Waals surface area contributed by atoms with Crippen molar-refractivity contribution in [3.8, 4) is 0 Å². The van der Waals surface area contributed by atoms with E-state index in [9.17, 15) is 4.57 Å². The van der Waals surface area contributed by atoms with E-state index in [4.69, 9.17) is 4.52 Å². The minimum absolute atomic E-state index is 0.400. The first kappa shape index (κ1) is 16.6. The van der Waals surface area contributed by atoms with E-state index in [0.717, 1.165) is 16.7 Å². The monoisotopic (exact) mass is 335 g/mol. The van der Waals surface area contributed by atoms with Crippen molar-refractivity contribution in [2.45, 2.75) is 5.41 Å². The van der Waals surface area contributed by atoms with E-state index in [1.807, 2.05) is 54.6 Å². The summed E-state index contributed by atoms with van der Waals surface area (Å²) in [6, 6.07) is 30.7. The molecule has 0 heterocycles. The van der Waals surface area contributed by atoms with Gasteiger partial charge in [0.15, 0.2) is 6.16 Å². The molecule has 1 atom stereocenters. The molecule has 0 N–H and O–H groups in total. The van der Waals surface area contributed by atoms with Gasteiger partial charge in [-0.1, -0.05) is 91.0 Å². The Morgan fingerprint density at radius 1 is 0.708 bits per heavy atom. The second-order valence-electron chi connectivity index (χ2n) is 5.68. The molecule has 1 unspecified atom stereocenters. The Bertz CT molecular complexity index is 689. The maximum atomic E-state index is 12.5. The summed E-state index contributed by atoms with van der Waals surface area (Å²) in [6.07, 6.45) is 0.400. The molecule has 0 bridgehead atoms. The van der Waals surface area contributed by atoms with Gasteiger partial charge in [0.25, 0.3) is 0 Å². The van der Waals surface area contributed by atoms with Crippen LogP contribution in [-0.2, 0) is 14.5 Å². The lowest BCUT2D eigenvalue weighted by Gasteiger charge is -2.31. The van der Waals surface area contributed by atoms with E-state index in [-0.39, 0.29) is 0 Å². The normalized spacial score (nSPS) is 12.0. The van der Waals surface area contributed by atoms with Crippen LogP contribution in [0.1, 0.15) is 16.7 Å². The number of hydrogen-bond donors (Lipinski definition) is 0. The van der Waals surface area contributed by atoms with Crippen LogP contribution >= 0.6 is 8.03 Å². The average Bonchev–Trinajstić information content (AvgIpc) is 2.68. The zero-order valence-electron chi connectivity index (χ0n) is 13.6. The molecule has 0 saturated heterocycles. The predicted octanol–water partition coefficient (Wildman–Crippen LogP) is 5.41. The fourth-order valence-electron chi connectivity index (χ4n) is 3.20. The van der Waals surface area contributed by atoms with Crippen LogP contribution in [0.2, 0.25) is 0 Å². The standard InChI is InChI=1S/C21H20O2P/c1-23-24(22)17-21(18-11-5-2-6-12-18,19-13-7-3-8-14-19)20-15-9-4-10-16-20/h2-16H,17H2,1H3/q+1. The Labute approximate surface area is 144 Å². The summed E-state index contributed by atoms with van der Waals surface area (Å²) in [7, 11) is -0.283. The first-order valence-electron chi connectivity index (χ1n) is 7.93. The summed E-state index contributed by atoms with van der Waals surface area (Å²) in [5.74, 6) is 0. The molecule has 3 rings (SSSR count). The van der Waals surface area contributed by atoms with Crippen LogP contribution in [0.5, 0.6) is 0 Å². The first-order valence-corrected chi connectivity index (χ1v) is 9.29. The van der Waals surface area contributed by atoms with Crippen LogP contribution in [-0.4, -0.2) is 13.3 Å².